The number of hydrogen-bond donors (Lipinski definition) is 7. The Bertz CT molecular complexity index is 494. The highest BCUT2D eigenvalue weighted by atomic mass is 35.5. The van der Waals surface area contributed by atoms with Crippen molar-refractivity contribution in [1.29, 1.82) is 0 Å². The van der Waals surface area contributed by atoms with Gasteiger partial charge in [-0.3, -0.25) is 0 Å². The van der Waals surface area contributed by atoms with Gasteiger partial charge in [0.05, 0.1) is 19.8 Å². The molecule has 1 unspecified atom stereocenters. The zero-order chi connectivity index (χ0) is 20.4. The second-order valence-corrected chi connectivity index (χ2v) is 6.65. The predicted octanol–water partition coefficient (Wildman–Crippen LogP) is -3.62. The molecule has 11 nitrogen and oxygen atoms in total. The minimum Gasteiger partial charge on any atom is -0.394 e. The normalized spacial score (nSPS) is 46.4. The molecule has 0 aliphatic carbocycles. The number of rotatable bonds is 8. The second kappa shape index (κ2) is 9.39. The maximum absolute atomic E-state index is 10.4. The molecule has 0 aromatic carbocycles. The molecular formula is C15H25ClO11. The summed E-state index contributed by atoms with van der Waals surface area (Å²) >= 11 is 6.14. The average Bonchev–Trinajstić information content (AvgIpc) is 2.91. The van der Waals surface area contributed by atoms with Gasteiger partial charge in [-0.25, -0.2) is 0 Å². The van der Waals surface area contributed by atoms with Gasteiger partial charge in [0, 0.05) is 0 Å². The highest BCUT2D eigenvalue weighted by Crippen LogP contribution is 2.40. The number of halogens is 1. The van der Waals surface area contributed by atoms with Crippen molar-refractivity contribution in [1.82, 2.24) is 0 Å². The molecule has 2 heterocycles. The van der Waals surface area contributed by atoms with Crippen molar-refractivity contribution in [2.75, 3.05) is 19.8 Å². The molecule has 7 N–H and O–H groups in total. The first kappa shape index (κ1) is 22.9. The first-order chi connectivity index (χ1) is 12.7. The molecule has 0 aromatic rings. The van der Waals surface area contributed by atoms with Crippen LogP contribution >= 0.6 is 11.6 Å². The van der Waals surface area contributed by atoms with Gasteiger partial charge in [-0.1, -0.05) is 17.7 Å². The van der Waals surface area contributed by atoms with Crippen LogP contribution in [0.15, 0.2) is 12.7 Å². The molecule has 0 radical (unpaired) electrons. The standard InChI is InChI=1S/C15H25ClO11/c1-2-3-24-14(16)15(12(23)9(20)7(5-18)26-15)27-13-11(22)10(21)8(19)6(4-17)25-13/h2,6-14,17-23H,1,3-5H2/t6-,7-,8-,9-,10+,11-,12+,13-,14?,15-/m1/s1. The highest BCUT2D eigenvalue weighted by Gasteiger charge is 2.62. The van der Waals surface area contributed by atoms with Gasteiger partial charge in [0.15, 0.2) is 11.9 Å². The van der Waals surface area contributed by atoms with E-state index in [-0.39, 0.29) is 6.61 Å². The van der Waals surface area contributed by atoms with Gasteiger partial charge < -0.3 is 54.7 Å². The molecule has 2 aliphatic heterocycles. The lowest BCUT2D eigenvalue weighted by molar-refractivity contribution is -0.390. The molecule has 0 spiro atoms. The third-order valence-corrected chi connectivity index (χ3v) is 4.89. The van der Waals surface area contributed by atoms with Crippen LogP contribution in [0.1, 0.15) is 0 Å². The minimum atomic E-state index is -2.31. The summed E-state index contributed by atoms with van der Waals surface area (Å²) in [6, 6.07) is 0. The van der Waals surface area contributed by atoms with Crippen LogP contribution < -0.4 is 0 Å². The van der Waals surface area contributed by atoms with Gasteiger partial charge >= 0.3 is 0 Å². The van der Waals surface area contributed by atoms with E-state index in [4.69, 9.17) is 30.5 Å². The summed E-state index contributed by atoms with van der Waals surface area (Å²) in [6.07, 6.45) is -11.6. The number of aliphatic hydroxyl groups excluding tert-OH is 7. The van der Waals surface area contributed by atoms with Gasteiger partial charge in [0.25, 0.3) is 0 Å². The fourth-order valence-corrected chi connectivity index (χ4v) is 3.22. The van der Waals surface area contributed by atoms with E-state index in [0.717, 1.165) is 0 Å². The maximum Gasteiger partial charge on any atom is 0.241 e. The second-order valence-electron chi connectivity index (χ2n) is 6.25. The number of ether oxygens (including phenoxy) is 4. The van der Waals surface area contributed by atoms with E-state index < -0.39 is 73.6 Å². The Labute approximate surface area is 159 Å². The third-order valence-electron chi connectivity index (χ3n) is 4.46. The summed E-state index contributed by atoms with van der Waals surface area (Å²) in [5.41, 5.74) is -1.57. The Morgan fingerprint density at radius 1 is 1.00 bits per heavy atom. The maximum atomic E-state index is 10.4. The summed E-state index contributed by atoms with van der Waals surface area (Å²) < 4.78 is 21.3. The van der Waals surface area contributed by atoms with Gasteiger partial charge in [-0.05, 0) is 0 Å². The monoisotopic (exact) mass is 416 g/mol. The van der Waals surface area contributed by atoms with Crippen LogP contribution in [0.3, 0.4) is 0 Å². The van der Waals surface area contributed by atoms with Crippen molar-refractivity contribution < 1.29 is 54.7 Å². The Morgan fingerprint density at radius 3 is 2.15 bits per heavy atom. The lowest BCUT2D eigenvalue weighted by Gasteiger charge is -2.44. The zero-order valence-corrected chi connectivity index (χ0v) is 15.0. The van der Waals surface area contributed by atoms with Crippen LogP contribution in [0.4, 0.5) is 0 Å². The van der Waals surface area contributed by atoms with Crippen molar-refractivity contribution >= 4 is 11.6 Å². The van der Waals surface area contributed by atoms with Gasteiger partial charge in [0.2, 0.25) is 5.79 Å². The smallest absolute Gasteiger partial charge is 0.241 e. The molecule has 2 fully saturated rings. The number of aliphatic hydroxyl groups is 7. The van der Waals surface area contributed by atoms with E-state index in [9.17, 15) is 35.7 Å². The summed E-state index contributed by atoms with van der Waals surface area (Å²) in [4.78, 5) is 0. The predicted molar refractivity (Wildman–Crippen MR) is 87.3 cm³/mol. The molecular weight excluding hydrogens is 392 g/mol. The third kappa shape index (κ3) is 4.29. The molecule has 0 saturated carbocycles. The first-order valence-corrected chi connectivity index (χ1v) is 8.66. The molecule has 2 aliphatic rings. The average molecular weight is 417 g/mol. The largest absolute Gasteiger partial charge is 0.394 e. The fraction of sp³-hybridized carbons (Fsp3) is 0.867. The van der Waals surface area contributed by atoms with Crippen LogP contribution in [0.5, 0.6) is 0 Å². The molecule has 0 aromatic heterocycles. The number of hydrogen-bond acceptors (Lipinski definition) is 11. The van der Waals surface area contributed by atoms with Crippen molar-refractivity contribution in [3.05, 3.63) is 12.7 Å². The van der Waals surface area contributed by atoms with Gasteiger partial charge in [-0.2, -0.15) is 0 Å². The Balaban J connectivity index is 2.30. The molecule has 2 saturated heterocycles. The van der Waals surface area contributed by atoms with Crippen LogP contribution in [0.2, 0.25) is 0 Å². The highest BCUT2D eigenvalue weighted by molar-refractivity contribution is 6.20. The molecule has 10 atom stereocenters. The summed E-state index contributed by atoms with van der Waals surface area (Å²) in [5.74, 6) is -2.31. The molecule has 0 amide bonds. The van der Waals surface area contributed by atoms with Crippen LogP contribution in [-0.4, -0.2) is 116 Å². The lowest BCUT2D eigenvalue weighted by atomic mass is 9.99. The van der Waals surface area contributed by atoms with E-state index in [1.165, 1.54) is 6.08 Å². The summed E-state index contributed by atoms with van der Waals surface area (Å²) in [6.45, 7) is 1.95. The Kier molecular flexibility index (Phi) is 7.96. The van der Waals surface area contributed by atoms with E-state index in [2.05, 4.69) is 6.58 Å². The van der Waals surface area contributed by atoms with Gasteiger partial charge in [0.1, 0.15) is 42.7 Å². The molecule has 2 rings (SSSR count). The van der Waals surface area contributed by atoms with Crippen LogP contribution in [-0.2, 0) is 18.9 Å². The Hall–Kier alpha value is -0.410. The van der Waals surface area contributed by atoms with Gasteiger partial charge in [-0.15, -0.1) is 6.58 Å². The van der Waals surface area contributed by atoms with E-state index in [1.807, 2.05) is 0 Å². The van der Waals surface area contributed by atoms with Crippen molar-refractivity contribution in [2.24, 2.45) is 0 Å². The van der Waals surface area contributed by atoms with E-state index in [1.54, 1.807) is 0 Å². The topological polar surface area (TPSA) is 179 Å². The van der Waals surface area contributed by atoms with Crippen molar-refractivity contribution in [2.45, 2.75) is 60.4 Å². The van der Waals surface area contributed by atoms with Crippen molar-refractivity contribution in [3.8, 4) is 0 Å². The molecule has 0 bridgehead atoms. The summed E-state index contributed by atoms with van der Waals surface area (Å²) in [5, 5.41) is 68.9. The molecule has 27 heavy (non-hydrogen) atoms. The lowest BCUT2D eigenvalue weighted by Crippen LogP contribution is -2.63. The first-order valence-electron chi connectivity index (χ1n) is 8.23. The quantitative estimate of drug-likeness (QED) is 0.153. The zero-order valence-electron chi connectivity index (χ0n) is 14.2. The van der Waals surface area contributed by atoms with E-state index in [0.29, 0.717) is 0 Å². The van der Waals surface area contributed by atoms with Crippen LogP contribution in [0, 0.1) is 0 Å². The SMILES string of the molecule is C=CCOC(Cl)[C@@]1(O[C@H]2O[C@H](CO)[C@@H](O)[C@H](O)[C@H]2O)O[C@H](CO)[C@@H](O)[C@@H]1O. The number of alkyl halides is 1. The molecule has 12 heteroatoms. The minimum absolute atomic E-state index is 0.0933. The van der Waals surface area contributed by atoms with Crippen molar-refractivity contribution in [3.63, 3.8) is 0 Å². The molecule has 158 valence electrons. The summed E-state index contributed by atoms with van der Waals surface area (Å²) in [7, 11) is 0. The fourth-order valence-electron chi connectivity index (χ4n) is 2.92. The van der Waals surface area contributed by atoms with E-state index >= 15 is 0 Å². The van der Waals surface area contributed by atoms with Crippen LogP contribution in [0.25, 0.3) is 0 Å². The Morgan fingerprint density at radius 2 is 1.63 bits per heavy atom.